The molecule has 0 atom stereocenters. The van der Waals surface area contributed by atoms with Gasteiger partial charge >= 0.3 is 0 Å². The lowest BCUT2D eigenvalue weighted by molar-refractivity contribution is 0.590. The summed E-state index contributed by atoms with van der Waals surface area (Å²) in [5.74, 6) is 0. The minimum absolute atomic E-state index is 0.0461. The van der Waals surface area contributed by atoms with Crippen LogP contribution in [0.15, 0.2) is 207 Å². The van der Waals surface area contributed by atoms with Gasteiger partial charge in [0.1, 0.15) is 12.1 Å². The van der Waals surface area contributed by atoms with Gasteiger partial charge in [0.25, 0.3) is 0 Å². The van der Waals surface area contributed by atoms with Crippen LogP contribution in [0.25, 0.3) is 93.3 Å². The fourth-order valence-corrected chi connectivity index (χ4v) is 10.4. The summed E-state index contributed by atoms with van der Waals surface area (Å²) in [7, 11) is 0. The molecule has 5 nitrogen and oxygen atoms in total. The Hall–Kier alpha value is -8.90. The van der Waals surface area contributed by atoms with E-state index in [4.69, 9.17) is 0 Å². The Morgan fingerprint density at radius 1 is 0.438 bits per heavy atom. The van der Waals surface area contributed by atoms with Gasteiger partial charge in [-0.1, -0.05) is 181 Å². The van der Waals surface area contributed by atoms with Crippen molar-refractivity contribution in [2.75, 3.05) is 0 Å². The number of nitriles is 2. The first-order valence-electron chi connectivity index (χ1n) is 25.0. The molecule has 0 saturated heterocycles. The Kier molecular flexibility index (Phi) is 12.4. The zero-order chi connectivity index (χ0) is 51.2. The molecule has 3 aromatic heterocycles. The average molecular weight is 946 g/mol. The molecule has 0 N–H and O–H groups in total. The smallest absolute Gasteiger partial charge is 0.103 e. The van der Waals surface area contributed by atoms with E-state index in [1.807, 2.05) is 49.4 Å². The van der Waals surface area contributed by atoms with Crippen molar-refractivity contribution >= 4 is 76.2 Å². The van der Waals surface area contributed by atoms with Crippen molar-refractivity contribution in [2.24, 2.45) is 0 Å². The van der Waals surface area contributed by atoms with Crippen molar-refractivity contribution < 1.29 is 0 Å². The minimum Gasteiger partial charge on any atom is -0.309 e. The molecule has 0 aliphatic rings. The molecule has 0 saturated carbocycles. The van der Waals surface area contributed by atoms with Gasteiger partial charge in [-0.3, -0.25) is 0 Å². The second kappa shape index (κ2) is 19.0. The van der Waals surface area contributed by atoms with Gasteiger partial charge in [-0.05, 0) is 119 Å². The van der Waals surface area contributed by atoms with E-state index in [0.29, 0.717) is 22.5 Å². The lowest BCUT2D eigenvalue weighted by Crippen LogP contribution is -2.10. The van der Waals surface area contributed by atoms with Gasteiger partial charge in [0.2, 0.25) is 0 Å². The summed E-state index contributed by atoms with van der Waals surface area (Å²) in [5, 5.41) is 31.5. The molecule has 0 aliphatic heterocycles. The molecule has 73 heavy (non-hydrogen) atoms. The molecule has 5 heteroatoms. The van der Waals surface area contributed by atoms with Crippen LogP contribution in [0.2, 0.25) is 0 Å². The Balaban J connectivity index is 0.000000453. The number of aromatic nitrogens is 3. The molecule has 0 fully saturated rings. The van der Waals surface area contributed by atoms with Crippen LogP contribution < -0.4 is 0 Å². The maximum absolute atomic E-state index is 11.2. The van der Waals surface area contributed by atoms with Crippen molar-refractivity contribution in [1.82, 2.24) is 13.7 Å². The monoisotopic (exact) mass is 945 g/mol. The fraction of sp³-hybridized carbons (Fsp3) is 0.147. The second-order valence-corrected chi connectivity index (χ2v) is 20.9. The van der Waals surface area contributed by atoms with Gasteiger partial charge in [0, 0.05) is 38.0 Å². The van der Waals surface area contributed by atoms with Crippen LogP contribution >= 0.6 is 0 Å². The maximum Gasteiger partial charge on any atom is 0.103 e. The predicted octanol–water partition coefficient (Wildman–Crippen LogP) is 18.2. The molecule has 12 rings (SSSR count). The Bertz CT molecular complexity index is 4100. The molecule has 0 bridgehead atoms. The van der Waals surface area contributed by atoms with Crippen LogP contribution in [-0.2, 0) is 10.8 Å². The van der Waals surface area contributed by atoms with Crippen molar-refractivity contribution in [3.63, 3.8) is 0 Å². The highest BCUT2D eigenvalue weighted by molar-refractivity contribution is 6.22. The third-order valence-corrected chi connectivity index (χ3v) is 14.1. The zero-order valence-electron chi connectivity index (χ0n) is 43.0. The molecule has 12 aromatic rings. The highest BCUT2D eigenvalue weighted by Gasteiger charge is 2.26. The van der Waals surface area contributed by atoms with E-state index in [1.54, 1.807) is 6.08 Å². The summed E-state index contributed by atoms with van der Waals surface area (Å²) in [6.07, 6.45) is 5.58. The lowest BCUT2D eigenvalue weighted by Gasteiger charge is -2.19. The topological polar surface area (TPSA) is 62.4 Å². The van der Waals surface area contributed by atoms with Gasteiger partial charge in [-0.25, -0.2) is 0 Å². The van der Waals surface area contributed by atoms with Crippen LogP contribution in [0.1, 0.15) is 76.3 Å². The van der Waals surface area contributed by atoms with E-state index in [-0.39, 0.29) is 10.8 Å². The first-order valence-corrected chi connectivity index (χ1v) is 25.0. The summed E-state index contributed by atoms with van der Waals surface area (Å²) >= 11 is 0. The first kappa shape index (κ1) is 47.8. The summed E-state index contributed by atoms with van der Waals surface area (Å²) in [4.78, 5) is 0. The average Bonchev–Trinajstić information content (AvgIpc) is 4.03. The lowest BCUT2D eigenvalue weighted by atomic mass is 9.85. The molecule has 9 aromatic carbocycles. The largest absolute Gasteiger partial charge is 0.309 e. The van der Waals surface area contributed by atoms with Crippen molar-refractivity contribution in [3.8, 4) is 29.2 Å². The first-order chi connectivity index (χ1) is 35.3. The standard InChI is InChI=1S/C56H43N5.C7H8.C5H8/c1-55(2,3)35-20-24-48-41(29-35)42-30-36(56(4,5)6)21-25-49(42)60(48)51-27-28-52(45(33-58)44(51)32-57)61-50-26-22-37(31-43(50)54-38-14-8-7-13-34(38)19-23-53(54)61)59-46-17-11-9-15-39(46)40-16-10-12-18-47(40)59;1-7-5-3-2-4-6-7;1-3-5-4-2/h7-31H,1-6H3;2-6H,1H3;3-5H,1H2,2H3/b;;5-4-. The predicted molar refractivity (Wildman–Crippen MR) is 310 cm³/mol. The van der Waals surface area contributed by atoms with Gasteiger partial charge in [0.15, 0.2) is 0 Å². The quantitative estimate of drug-likeness (QED) is 0.165. The number of rotatable bonds is 4. The van der Waals surface area contributed by atoms with E-state index < -0.39 is 0 Å². The third-order valence-electron chi connectivity index (χ3n) is 14.1. The molecule has 0 radical (unpaired) electrons. The summed E-state index contributed by atoms with van der Waals surface area (Å²) in [6.45, 7) is 20.9. The van der Waals surface area contributed by atoms with Crippen molar-refractivity contribution in [2.45, 2.75) is 66.2 Å². The number of hydrogen-bond acceptors (Lipinski definition) is 2. The molecule has 3 heterocycles. The molecule has 0 spiro atoms. The van der Waals surface area contributed by atoms with E-state index >= 15 is 0 Å². The molecular weight excluding hydrogens is 887 g/mol. The Morgan fingerprint density at radius 2 is 0.890 bits per heavy atom. The van der Waals surface area contributed by atoms with Crippen LogP contribution in [0.3, 0.4) is 0 Å². The van der Waals surface area contributed by atoms with Crippen molar-refractivity contribution in [3.05, 3.63) is 235 Å². The minimum atomic E-state index is -0.0461. The van der Waals surface area contributed by atoms with Gasteiger partial charge in [-0.15, -0.1) is 0 Å². The van der Waals surface area contributed by atoms with E-state index in [9.17, 15) is 10.5 Å². The zero-order valence-corrected chi connectivity index (χ0v) is 43.0. The van der Waals surface area contributed by atoms with Crippen molar-refractivity contribution in [1.29, 1.82) is 10.5 Å². The molecular formula is C68H59N5. The number of fused-ring (bicyclic) bond motifs is 11. The molecule has 356 valence electrons. The van der Waals surface area contributed by atoms with E-state index in [1.165, 1.54) is 27.5 Å². The van der Waals surface area contributed by atoms with Crippen LogP contribution in [-0.4, -0.2) is 13.7 Å². The summed E-state index contributed by atoms with van der Waals surface area (Å²) in [5.41, 5.74) is 13.1. The molecule has 0 unspecified atom stereocenters. The number of benzene rings is 9. The molecule has 0 aliphatic carbocycles. The second-order valence-electron chi connectivity index (χ2n) is 20.9. The number of aryl methyl sites for hydroxylation is 1. The van der Waals surface area contributed by atoms with Crippen LogP contribution in [0.4, 0.5) is 0 Å². The van der Waals surface area contributed by atoms with Gasteiger partial charge < -0.3 is 13.7 Å². The highest BCUT2D eigenvalue weighted by Crippen LogP contribution is 2.43. The SMILES string of the molecule is C=C/C=C\C.CC(C)(C)c1ccc2c(c1)c1cc(C(C)(C)C)ccc1n2-c1ccc(-n2c3ccc(-n4c5ccccc5c5ccccc54)cc3c3c4ccccc4ccc32)c(C#N)c1C#N.Cc1ccccc1. The Labute approximate surface area is 428 Å². The van der Waals surface area contributed by atoms with E-state index in [2.05, 4.69) is 233 Å². The van der Waals surface area contributed by atoms with Gasteiger partial charge in [0.05, 0.1) is 55.6 Å². The number of nitrogens with zero attached hydrogens (tertiary/aromatic N) is 5. The highest BCUT2D eigenvalue weighted by atomic mass is 15.0. The Morgan fingerprint density at radius 3 is 1.37 bits per heavy atom. The number of para-hydroxylation sites is 2. The van der Waals surface area contributed by atoms with Crippen LogP contribution in [0.5, 0.6) is 0 Å². The number of allylic oxidation sites excluding steroid dienone is 3. The van der Waals surface area contributed by atoms with E-state index in [0.717, 1.165) is 71.1 Å². The maximum atomic E-state index is 11.2. The normalized spacial score (nSPS) is 11.8. The van der Waals surface area contributed by atoms with Crippen LogP contribution in [0, 0.1) is 29.6 Å². The third kappa shape index (κ3) is 8.44. The number of hydrogen-bond donors (Lipinski definition) is 0. The van der Waals surface area contributed by atoms with Gasteiger partial charge in [-0.2, -0.15) is 10.5 Å². The fourth-order valence-electron chi connectivity index (χ4n) is 10.4. The summed E-state index contributed by atoms with van der Waals surface area (Å²) in [6, 6.07) is 69.4. The summed E-state index contributed by atoms with van der Waals surface area (Å²) < 4.78 is 6.72. The molecule has 0 amide bonds.